The Morgan fingerprint density at radius 3 is 2.81 bits per heavy atom. The molecule has 2 atom stereocenters. The average molecular weight is 219 g/mol. The van der Waals surface area contributed by atoms with Crippen LogP contribution in [0.25, 0.3) is 11.0 Å². The summed E-state index contributed by atoms with van der Waals surface area (Å²) in [6.45, 7) is 1.78. The zero-order valence-corrected chi connectivity index (χ0v) is 9.81. The maximum Gasteiger partial charge on any atom is 0.0955 e. The fraction of sp³-hybridized carbons (Fsp3) is 0.417. The number of aryl methyl sites for hydroxylation is 1. The molecule has 1 aromatic heterocycles. The van der Waals surface area contributed by atoms with Crippen LogP contribution in [0.2, 0.25) is 0 Å². The summed E-state index contributed by atoms with van der Waals surface area (Å²) in [4.78, 5) is 4.31. The van der Waals surface area contributed by atoms with Gasteiger partial charge in [-0.05, 0) is 31.7 Å². The number of aliphatic hydroxyl groups excluding tert-OH is 1. The van der Waals surface area contributed by atoms with Gasteiger partial charge in [-0.1, -0.05) is 6.07 Å². The predicted molar refractivity (Wildman–Crippen MR) is 64.2 cm³/mol. The molecule has 2 rings (SSSR count). The number of aromatic nitrogens is 2. The third kappa shape index (κ3) is 1.81. The van der Waals surface area contributed by atoms with Crippen LogP contribution in [0.3, 0.4) is 0 Å². The molecule has 0 aliphatic heterocycles. The second kappa shape index (κ2) is 4.23. The molecule has 1 heterocycles. The number of aliphatic hydroxyl groups is 1. The molecule has 2 aromatic rings. The van der Waals surface area contributed by atoms with Gasteiger partial charge in [0.15, 0.2) is 0 Å². The standard InChI is InChI=1S/C12H17N3O/c1-8(16)12(13-2)9-4-5-11-10(6-9)14-7-15(11)3/h4-8,12-13,16H,1-3H3. The molecule has 4 nitrogen and oxygen atoms in total. The minimum absolute atomic E-state index is 0.0496. The molecule has 0 fully saturated rings. The van der Waals surface area contributed by atoms with Crippen LogP contribution < -0.4 is 5.32 Å². The van der Waals surface area contributed by atoms with Crippen molar-refractivity contribution in [2.75, 3.05) is 7.05 Å². The lowest BCUT2D eigenvalue weighted by molar-refractivity contribution is 0.150. The summed E-state index contributed by atoms with van der Waals surface area (Å²) in [5.74, 6) is 0. The van der Waals surface area contributed by atoms with Crippen LogP contribution in [0.15, 0.2) is 24.5 Å². The number of hydrogen-bond acceptors (Lipinski definition) is 3. The molecule has 2 unspecified atom stereocenters. The van der Waals surface area contributed by atoms with Gasteiger partial charge in [0.2, 0.25) is 0 Å². The Hall–Kier alpha value is -1.39. The van der Waals surface area contributed by atoms with Crippen molar-refractivity contribution in [2.45, 2.75) is 19.1 Å². The smallest absolute Gasteiger partial charge is 0.0955 e. The normalized spacial score (nSPS) is 15.2. The Morgan fingerprint density at radius 1 is 1.44 bits per heavy atom. The molecular weight excluding hydrogens is 202 g/mol. The second-order valence-electron chi connectivity index (χ2n) is 4.11. The number of benzene rings is 1. The first-order valence-corrected chi connectivity index (χ1v) is 5.40. The van der Waals surface area contributed by atoms with Gasteiger partial charge in [-0.25, -0.2) is 4.98 Å². The Kier molecular flexibility index (Phi) is 2.94. The lowest BCUT2D eigenvalue weighted by Gasteiger charge is -2.19. The maximum absolute atomic E-state index is 9.65. The average Bonchev–Trinajstić information content (AvgIpc) is 2.61. The Labute approximate surface area is 94.9 Å². The van der Waals surface area contributed by atoms with Crippen molar-refractivity contribution in [3.63, 3.8) is 0 Å². The van der Waals surface area contributed by atoms with Crippen molar-refractivity contribution < 1.29 is 5.11 Å². The van der Waals surface area contributed by atoms with Gasteiger partial charge in [-0.3, -0.25) is 0 Å². The topological polar surface area (TPSA) is 50.1 Å². The van der Waals surface area contributed by atoms with E-state index in [-0.39, 0.29) is 6.04 Å². The molecule has 0 saturated carbocycles. The van der Waals surface area contributed by atoms with Crippen LogP contribution in [-0.4, -0.2) is 27.8 Å². The van der Waals surface area contributed by atoms with Crippen molar-refractivity contribution in [3.8, 4) is 0 Å². The van der Waals surface area contributed by atoms with E-state index < -0.39 is 6.10 Å². The molecule has 0 aliphatic rings. The molecule has 0 saturated heterocycles. The number of rotatable bonds is 3. The Morgan fingerprint density at radius 2 is 2.19 bits per heavy atom. The van der Waals surface area contributed by atoms with Crippen LogP contribution in [0.1, 0.15) is 18.5 Å². The molecule has 2 N–H and O–H groups in total. The van der Waals surface area contributed by atoms with Gasteiger partial charge in [0.1, 0.15) is 0 Å². The SMILES string of the molecule is CNC(c1ccc2c(c1)ncn2C)C(C)O. The largest absolute Gasteiger partial charge is 0.391 e. The van der Waals surface area contributed by atoms with Crippen molar-refractivity contribution in [2.24, 2.45) is 7.05 Å². The molecule has 1 aromatic carbocycles. The van der Waals surface area contributed by atoms with E-state index in [2.05, 4.69) is 10.3 Å². The lowest BCUT2D eigenvalue weighted by atomic mass is 10.0. The summed E-state index contributed by atoms with van der Waals surface area (Å²) in [6.07, 6.45) is 1.37. The minimum Gasteiger partial charge on any atom is -0.391 e. The van der Waals surface area contributed by atoms with Crippen LogP contribution >= 0.6 is 0 Å². The van der Waals surface area contributed by atoms with Crippen molar-refractivity contribution in [1.82, 2.24) is 14.9 Å². The zero-order valence-electron chi connectivity index (χ0n) is 9.81. The van der Waals surface area contributed by atoms with Crippen LogP contribution in [-0.2, 0) is 7.05 Å². The third-order valence-electron chi connectivity index (χ3n) is 2.90. The number of likely N-dealkylation sites (N-methyl/N-ethyl adjacent to an activating group) is 1. The Bertz CT molecular complexity index is 490. The fourth-order valence-electron chi connectivity index (χ4n) is 2.03. The summed E-state index contributed by atoms with van der Waals surface area (Å²) in [7, 11) is 3.82. The number of fused-ring (bicyclic) bond motifs is 1. The summed E-state index contributed by atoms with van der Waals surface area (Å²) >= 11 is 0. The van der Waals surface area contributed by atoms with Crippen molar-refractivity contribution in [3.05, 3.63) is 30.1 Å². The fourth-order valence-corrected chi connectivity index (χ4v) is 2.03. The third-order valence-corrected chi connectivity index (χ3v) is 2.90. The van der Waals surface area contributed by atoms with Gasteiger partial charge in [0.05, 0.1) is 29.5 Å². The molecule has 4 heteroatoms. The van der Waals surface area contributed by atoms with Gasteiger partial charge in [0.25, 0.3) is 0 Å². The van der Waals surface area contributed by atoms with Crippen molar-refractivity contribution in [1.29, 1.82) is 0 Å². The number of imidazole rings is 1. The van der Waals surface area contributed by atoms with E-state index in [9.17, 15) is 5.11 Å². The van der Waals surface area contributed by atoms with Crippen LogP contribution in [0, 0.1) is 0 Å². The summed E-state index contributed by atoms with van der Waals surface area (Å²) < 4.78 is 1.98. The molecule has 0 radical (unpaired) electrons. The summed E-state index contributed by atoms with van der Waals surface area (Å²) in [5.41, 5.74) is 3.12. The van der Waals surface area contributed by atoms with E-state index in [1.165, 1.54) is 0 Å². The highest BCUT2D eigenvalue weighted by Crippen LogP contribution is 2.21. The van der Waals surface area contributed by atoms with Gasteiger partial charge < -0.3 is 15.0 Å². The quantitative estimate of drug-likeness (QED) is 0.816. The highest BCUT2D eigenvalue weighted by molar-refractivity contribution is 5.76. The summed E-state index contributed by atoms with van der Waals surface area (Å²) in [5, 5.41) is 12.8. The van der Waals surface area contributed by atoms with Crippen LogP contribution in [0.4, 0.5) is 0 Å². The minimum atomic E-state index is -0.425. The highest BCUT2D eigenvalue weighted by Gasteiger charge is 2.15. The van der Waals surface area contributed by atoms with Crippen molar-refractivity contribution >= 4 is 11.0 Å². The Balaban J connectivity index is 2.46. The van der Waals surface area contributed by atoms with E-state index in [0.717, 1.165) is 16.6 Å². The predicted octanol–water partition coefficient (Wildman–Crippen LogP) is 1.21. The van der Waals surface area contributed by atoms with E-state index in [1.54, 1.807) is 13.3 Å². The molecule has 0 spiro atoms. The van der Waals surface area contributed by atoms with E-state index in [0.29, 0.717) is 0 Å². The number of nitrogens with zero attached hydrogens (tertiary/aromatic N) is 2. The number of hydrogen-bond donors (Lipinski definition) is 2. The molecular formula is C12H17N3O. The van der Waals surface area contributed by atoms with Gasteiger partial charge in [-0.15, -0.1) is 0 Å². The van der Waals surface area contributed by atoms with Gasteiger partial charge in [0, 0.05) is 7.05 Å². The number of nitrogens with one attached hydrogen (secondary N) is 1. The van der Waals surface area contributed by atoms with Crippen LogP contribution in [0.5, 0.6) is 0 Å². The van der Waals surface area contributed by atoms with E-state index >= 15 is 0 Å². The molecule has 0 bridgehead atoms. The first-order chi connectivity index (χ1) is 7.63. The molecule has 0 aliphatic carbocycles. The zero-order chi connectivity index (χ0) is 11.7. The highest BCUT2D eigenvalue weighted by atomic mass is 16.3. The summed E-state index contributed by atoms with van der Waals surface area (Å²) in [6, 6.07) is 6.03. The molecule has 16 heavy (non-hydrogen) atoms. The lowest BCUT2D eigenvalue weighted by Crippen LogP contribution is -2.26. The maximum atomic E-state index is 9.65. The second-order valence-corrected chi connectivity index (χ2v) is 4.11. The molecule has 0 amide bonds. The monoisotopic (exact) mass is 219 g/mol. The van der Waals surface area contributed by atoms with E-state index in [1.807, 2.05) is 36.9 Å². The molecule has 86 valence electrons. The first-order valence-electron chi connectivity index (χ1n) is 5.40. The van der Waals surface area contributed by atoms with Gasteiger partial charge in [-0.2, -0.15) is 0 Å². The first kappa shape index (κ1) is 11.1. The van der Waals surface area contributed by atoms with Gasteiger partial charge >= 0.3 is 0 Å². The van der Waals surface area contributed by atoms with E-state index in [4.69, 9.17) is 0 Å².